The van der Waals surface area contributed by atoms with Crippen LogP contribution in [0.2, 0.25) is 0 Å². The topological polar surface area (TPSA) is 38.5 Å². The molecule has 2 atom stereocenters. The van der Waals surface area contributed by atoms with E-state index in [2.05, 4.69) is 4.74 Å². The highest BCUT2D eigenvalue weighted by Gasteiger charge is 2.33. The molecule has 1 saturated heterocycles. The van der Waals surface area contributed by atoms with Crippen molar-refractivity contribution >= 4 is 5.69 Å². The first-order valence-corrected chi connectivity index (χ1v) is 6.22. The molecule has 1 fully saturated rings. The number of halogens is 3. The molecule has 1 heterocycles. The van der Waals surface area contributed by atoms with Crippen LogP contribution in [0.3, 0.4) is 0 Å². The summed E-state index contributed by atoms with van der Waals surface area (Å²) in [6.07, 6.45) is -3.91. The SMILES string of the molecule is CC1CN(c2ccccc2OC(F)(F)F)CCC1N. The number of nitrogens with zero attached hydrogens (tertiary/aromatic N) is 1. The zero-order chi connectivity index (χ0) is 14.0. The molecule has 0 aliphatic carbocycles. The van der Waals surface area contributed by atoms with E-state index >= 15 is 0 Å². The van der Waals surface area contributed by atoms with Crippen LogP contribution in [0.5, 0.6) is 5.75 Å². The Morgan fingerprint density at radius 3 is 2.63 bits per heavy atom. The molecule has 2 unspecified atom stereocenters. The van der Waals surface area contributed by atoms with Crippen molar-refractivity contribution in [2.24, 2.45) is 11.7 Å². The summed E-state index contributed by atoms with van der Waals surface area (Å²) in [7, 11) is 0. The van der Waals surface area contributed by atoms with Crippen LogP contribution in [-0.2, 0) is 0 Å². The van der Waals surface area contributed by atoms with E-state index < -0.39 is 6.36 Å². The van der Waals surface area contributed by atoms with Crippen LogP contribution in [0.15, 0.2) is 24.3 Å². The second-order valence-corrected chi connectivity index (χ2v) is 4.89. The number of anilines is 1. The van der Waals surface area contributed by atoms with E-state index in [1.54, 1.807) is 12.1 Å². The maximum atomic E-state index is 12.4. The summed E-state index contributed by atoms with van der Waals surface area (Å²) in [6.45, 7) is 3.28. The Bertz CT molecular complexity index is 436. The maximum absolute atomic E-state index is 12.4. The van der Waals surface area contributed by atoms with Crippen LogP contribution < -0.4 is 15.4 Å². The monoisotopic (exact) mass is 274 g/mol. The molecular weight excluding hydrogens is 257 g/mol. The van der Waals surface area contributed by atoms with Crippen molar-refractivity contribution in [3.05, 3.63) is 24.3 Å². The summed E-state index contributed by atoms with van der Waals surface area (Å²) in [5.41, 5.74) is 6.39. The van der Waals surface area contributed by atoms with Gasteiger partial charge in [-0.1, -0.05) is 19.1 Å². The van der Waals surface area contributed by atoms with Gasteiger partial charge in [-0.15, -0.1) is 13.2 Å². The van der Waals surface area contributed by atoms with Gasteiger partial charge in [-0.2, -0.15) is 0 Å². The minimum Gasteiger partial charge on any atom is -0.404 e. The van der Waals surface area contributed by atoms with Gasteiger partial charge < -0.3 is 15.4 Å². The third kappa shape index (κ3) is 3.53. The molecule has 1 aliphatic rings. The zero-order valence-electron chi connectivity index (χ0n) is 10.7. The van der Waals surface area contributed by atoms with Gasteiger partial charge in [0.25, 0.3) is 0 Å². The number of ether oxygens (including phenoxy) is 1. The van der Waals surface area contributed by atoms with Gasteiger partial charge in [0.1, 0.15) is 0 Å². The number of nitrogens with two attached hydrogens (primary N) is 1. The summed E-state index contributed by atoms with van der Waals surface area (Å²) < 4.78 is 41.2. The van der Waals surface area contributed by atoms with Crippen LogP contribution >= 0.6 is 0 Å². The summed E-state index contributed by atoms with van der Waals surface area (Å²) >= 11 is 0. The lowest BCUT2D eigenvalue weighted by Gasteiger charge is -2.37. The number of hydrogen-bond acceptors (Lipinski definition) is 3. The fraction of sp³-hybridized carbons (Fsp3) is 0.538. The fourth-order valence-electron chi connectivity index (χ4n) is 2.31. The molecule has 0 radical (unpaired) electrons. The van der Waals surface area contributed by atoms with Gasteiger partial charge in [-0.3, -0.25) is 0 Å². The molecule has 0 spiro atoms. The lowest BCUT2D eigenvalue weighted by atomic mass is 9.94. The van der Waals surface area contributed by atoms with Crippen molar-refractivity contribution in [3.8, 4) is 5.75 Å². The van der Waals surface area contributed by atoms with Gasteiger partial charge in [0.15, 0.2) is 5.75 Å². The van der Waals surface area contributed by atoms with Crippen molar-refractivity contribution in [2.45, 2.75) is 25.7 Å². The molecule has 3 nitrogen and oxygen atoms in total. The maximum Gasteiger partial charge on any atom is 0.573 e. The average Bonchev–Trinajstić information content (AvgIpc) is 2.31. The third-order valence-electron chi connectivity index (χ3n) is 3.40. The molecule has 1 aromatic carbocycles. The Kier molecular flexibility index (Phi) is 3.89. The van der Waals surface area contributed by atoms with E-state index in [0.717, 1.165) is 6.42 Å². The van der Waals surface area contributed by atoms with Gasteiger partial charge in [-0.25, -0.2) is 0 Å². The standard InChI is InChI=1S/C13H17F3N2O/c1-9-8-18(7-6-10(9)17)11-4-2-3-5-12(11)19-13(14,15)16/h2-5,9-10H,6-8,17H2,1H3. The van der Waals surface area contributed by atoms with E-state index in [-0.39, 0.29) is 17.7 Å². The van der Waals surface area contributed by atoms with Crippen molar-refractivity contribution < 1.29 is 17.9 Å². The molecule has 0 aromatic heterocycles. The van der Waals surface area contributed by atoms with Crippen LogP contribution in [0.1, 0.15) is 13.3 Å². The molecule has 2 N–H and O–H groups in total. The highest BCUT2D eigenvalue weighted by Crippen LogP contribution is 2.34. The van der Waals surface area contributed by atoms with E-state index in [1.165, 1.54) is 12.1 Å². The van der Waals surface area contributed by atoms with E-state index in [9.17, 15) is 13.2 Å². The lowest BCUT2D eigenvalue weighted by molar-refractivity contribution is -0.274. The van der Waals surface area contributed by atoms with E-state index in [1.807, 2.05) is 11.8 Å². The Morgan fingerprint density at radius 1 is 1.32 bits per heavy atom. The molecule has 1 aromatic rings. The minimum atomic E-state index is -4.67. The molecule has 106 valence electrons. The van der Waals surface area contributed by atoms with Crippen LogP contribution in [-0.4, -0.2) is 25.5 Å². The van der Waals surface area contributed by atoms with Crippen molar-refractivity contribution in [2.75, 3.05) is 18.0 Å². The molecule has 1 aliphatic heterocycles. The fourth-order valence-corrected chi connectivity index (χ4v) is 2.31. The lowest BCUT2D eigenvalue weighted by Crippen LogP contribution is -2.46. The van der Waals surface area contributed by atoms with Gasteiger partial charge >= 0.3 is 6.36 Å². The summed E-state index contributed by atoms with van der Waals surface area (Å²) in [6, 6.07) is 6.32. The van der Waals surface area contributed by atoms with Crippen LogP contribution in [0.4, 0.5) is 18.9 Å². The number of rotatable bonds is 2. The first kappa shape index (κ1) is 14.0. The predicted molar refractivity (Wildman–Crippen MR) is 67.1 cm³/mol. The smallest absolute Gasteiger partial charge is 0.404 e. The van der Waals surface area contributed by atoms with Crippen LogP contribution in [0, 0.1) is 5.92 Å². The molecule has 0 saturated carbocycles. The number of para-hydroxylation sites is 2. The third-order valence-corrected chi connectivity index (χ3v) is 3.40. The Morgan fingerprint density at radius 2 is 2.00 bits per heavy atom. The minimum absolute atomic E-state index is 0.104. The molecule has 6 heteroatoms. The molecule has 0 bridgehead atoms. The van der Waals surface area contributed by atoms with Gasteiger partial charge in [0, 0.05) is 19.1 Å². The second-order valence-electron chi connectivity index (χ2n) is 4.89. The Hall–Kier alpha value is -1.43. The number of hydrogen-bond donors (Lipinski definition) is 1. The van der Waals surface area contributed by atoms with Crippen LogP contribution in [0.25, 0.3) is 0 Å². The quantitative estimate of drug-likeness (QED) is 0.901. The molecule has 0 amide bonds. The molecule has 2 rings (SSSR count). The largest absolute Gasteiger partial charge is 0.573 e. The number of alkyl halides is 3. The van der Waals surface area contributed by atoms with Gasteiger partial charge in [0.2, 0.25) is 0 Å². The normalized spacial score (nSPS) is 24.4. The Labute approximate surface area is 110 Å². The highest BCUT2D eigenvalue weighted by molar-refractivity contribution is 5.58. The van der Waals surface area contributed by atoms with E-state index in [0.29, 0.717) is 18.8 Å². The first-order valence-electron chi connectivity index (χ1n) is 6.22. The first-order chi connectivity index (χ1) is 8.87. The van der Waals surface area contributed by atoms with E-state index in [4.69, 9.17) is 5.73 Å². The Balaban J connectivity index is 2.20. The number of piperidine rings is 1. The second kappa shape index (κ2) is 5.28. The average molecular weight is 274 g/mol. The highest BCUT2D eigenvalue weighted by atomic mass is 19.4. The predicted octanol–water partition coefficient (Wildman–Crippen LogP) is 2.76. The molecular formula is C13H17F3N2O. The molecule has 19 heavy (non-hydrogen) atoms. The summed E-state index contributed by atoms with van der Waals surface area (Å²) in [5.74, 6) is 0.0883. The summed E-state index contributed by atoms with van der Waals surface area (Å²) in [4.78, 5) is 1.90. The van der Waals surface area contributed by atoms with Crippen molar-refractivity contribution in [3.63, 3.8) is 0 Å². The van der Waals surface area contributed by atoms with Gasteiger partial charge in [0.05, 0.1) is 5.69 Å². The van der Waals surface area contributed by atoms with Crippen molar-refractivity contribution in [1.29, 1.82) is 0 Å². The summed E-state index contributed by atoms with van der Waals surface area (Å²) in [5, 5.41) is 0. The van der Waals surface area contributed by atoms with Gasteiger partial charge in [-0.05, 0) is 24.5 Å². The zero-order valence-corrected chi connectivity index (χ0v) is 10.7. The van der Waals surface area contributed by atoms with Crippen molar-refractivity contribution in [1.82, 2.24) is 0 Å². The number of benzene rings is 1.